The molecule has 0 aromatic heterocycles. The van der Waals surface area contributed by atoms with E-state index >= 15 is 0 Å². The molecule has 4 aromatic carbocycles. The standard InChI is InChI=1S/C17H20NO.C15H15N.HI/c1-12-17(2,3)16-14-7-5-4-6-13(14)8-9-15(16)18(12)10-11-19;1-10-15(2,3)14-12-7-5-4-6-11(12)8-9-13(14)16-10;/h4-9,19H,10-11H2,1-3H3;4-9H,1-3H3;1H/q+1;;/p-1. The summed E-state index contributed by atoms with van der Waals surface area (Å²) < 4.78 is 2.25. The van der Waals surface area contributed by atoms with Crippen LogP contribution in [0.1, 0.15) is 52.7 Å². The van der Waals surface area contributed by atoms with Gasteiger partial charge in [-0.3, -0.25) is 4.99 Å². The van der Waals surface area contributed by atoms with Crippen LogP contribution in [0.4, 0.5) is 11.4 Å². The third kappa shape index (κ3) is 4.08. The summed E-state index contributed by atoms with van der Waals surface area (Å²) in [6, 6.07) is 25.8. The van der Waals surface area contributed by atoms with Gasteiger partial charge in [-0.2, -0.15) is 4.58 Å². The fraction of sp³-hybridized carbons (Fsp3) is 0.312. The first-order valence-electron chi connectivity index (χ1n) is 12.5. The van der Waals surface area contributed by atoms with Crippen LogP contribution in [0.25, 0.3) is 21.5 Å². The summed E-state index contributed by atoms with van der Waals surface area (Å²) >= 11 is 0. The first kappa shape index (κ1) is 26.5. The second kappa shape index (κ2) is 9.71. The molecule has 0 saturated heterocycles. The normalized spacial score (nSPS) is 16.7. The number of aliphatic hydroxyl groups is 1. The Morgan fingerprint density at radius 2 is 1.28 bits per heavy atom. The Hall–Kier alpha value is -2.57. The highest BCUT2D eigenvalue weighted by Crippen LogP contribution is 2.44. The summed E-state index contributed by atoms with van der Waals surface area (Å²) in [5.41, 5.74) is 7.75. The predicted octanol–water partition coefficient (Wildman–Crippen LogP) is 4.46. The maximum atomic E-state index is 9.30. The molecule has 2 aliphatic rings. The Bertz CT molecular complexity index is 1530. The van der Waals surface area contributed by atoms with Gasteiger partial charge in [-0.1, -0.05) is 68.4 Å². The molecule has 6 rings (SSSR count). The molecule has 2 aliphatic heterocycles. The molecule has 0 amide bonds. The van der Waals surface area contributed by atoms with E-state index in [1.165, 1.54) is 49.8 Å². The van der Waals surface area contributed by atoms with Crippen molar-refractivity contribution < 1.29 is 33.7 Å². The zero-order valence-electron chi connectivity index (χ0n) is 22.1. The van der Waals surface area contributed by atoms with Gasteiger partial charge in [0.15, 0.2) is 12.3 Å². The van der Waals surface area contributed by atoms with Gasteiger partial charge in [-0.25, -0.2) is 0 Å². The highest BCUT2D eigenvalue weighted by Gasteiger charge is 2.43. The van der Waals surface area contributed by atoms with E-state index in [9.17, 15) is 5.11 Å². The summed E-state index contributed by atoms with van der Waals surface area (Å²) in [4.78, 5) is 4.67. The largest absolute Gasteiger partial charge is 1.00 e. The molecule has 2 heterocycles. The Labute approximate surface area is 231 Å². The van der Waals surface area contributed by atoms with E-state index in [1.54, 1.807) is 0 Å². The van der Waals surface area contributed by atoms with E-state index in [1.807, 2.05) is 0 Å². The van der Waals surface area contributed by atoms with E-state index in [-0.39, 0.29) is 41.4 Å². The number of hydrogen-bond donors (Lipinski definition) is 1. The number of nitrogens with zero attached hydrogens (tertiary/aromatic N) is 2. The molecule has 1 N–H and O–H groups in total. The van der Waals surface area contributed by atoms with Gasteiger partial charge in [0.2, 0.25) is 5.69 Å². The number of β-amino-alcohol motifs (C(OH)–C–C–N with tert-alkyl or cyclic N) is 1. The first-order chi connectivity index (χ1) is 16.7. The van der Waals surface area contributed by atoms with E-state index in [0.717, 1.165) is 5.69 Å². The van der Waals surface area contributed by atoms with E-state index in [4.69, 9.17) is 0 Å². The van der Waals surface area contributed by atoms with Crippen LogP contribution < -0.4 is 24.0 Å². The lowest BCUT2D eigenvalue weighted by Gasteiger charge is -2.21. The minimum atomic E-state index is 0. The van der Waals surface area contributed by atoms with Crippen molar-refractivity contribution in [2.75, 3.05) is 13.2 Å². The predicted molar refractivity (Wildman–Crippen MR) is 149 cm³/mol. The van der Waals surface area contributed by atoms with Gasteiger partial charge in [-0.05, 0) is 60.0 Å². The minimum absolute atomic E-state index is 0. The number of halogens is 1. The monoisotopic (exact) mass is 590 g/mol. The van der Waals surface area contributed by atoms with Gasteiger partial charge in [0, 0.05) is 29.7 Å². The molecule has 3 nitrogen and oxygen atoms in total. The van der Waals surface area contributed by atoms with Crippen molar-refractivity contribution in [2.24, 2.45) is 4.99 Å². The Morgan fingerprint density at radius 1 is 0.722 bits per heavy atom. The van der Waals surface area contributed by atoms with E-state index in [0.29, 0.717) is 6.54 Å². The van der Waals surface area contributed by atoms with Crippen molar-refractivity contribution in [3.05, 3.63) is 83.9 Å². The Morgan fingerprint density at radius 3 is 1.89 bits per heavy atom. The molecule has 0 spiro atoms. The van der Waals surface area contributed by atoms with Gasteiger partial charge in [-0.15, -0.1) is 0 Å². The van der Waals surface area contributed by atoms with Crippen molar-refractivity contribution in [1.82, 2.24) is 0 Å². The average molecular weight is 591 g/mol. The van der Waals surface area contributed by atoms with Crippen LogP contribution >= 0.6 is 0 Å². The lowest BCUT2D eigenvalue weighted by atomic mass is 9.80. The summed E-state index contributed by atoms with van der Waals surface area (Å²) in [5.74, 6) is 0. The summed E-state index contributed by atoms with van der Waals surface area (Å²) in [5, 5.41) is 14.6. The van der Waals surface area contributed by atoms with Gasteiger partial charge in [0.25, 0.3) is 0 Å². The molecule has 36 heavy (non-hydrogen) atoms. The number of rotatable bonds is 2. The van der Waals surface area contributed by atoms with Gasteiger partial charge in [0.05, 0.1) is 11.1 Å². The fourth-order valence-electron chi connectivity index (χ4n) is 5.74. The van der Waals surface area contributed by atoms with Crippen LogP contribution in [0.15, 0.2) is 77.8 Å². The third-order valence-electron chi connectivity index (χ3n) is 8.18. The lowest BCUT2D eigenvalue weighted by molar-refractivity contribution is -0.442. The summed E-state index contributed by atoms with van der Waals surface area (Å²) in [6.45, 7) is 14.2. The molecule has 186 valence electrons. The molecular weight excluding hydrogens is 555 g/mol. The molecule has 0 bridgehead atoms. The van der Waals surface area contributed by atoms with Crippen molar-refractivity contribution in [1.29, 1.82) is 0 Å². The molecule has 0 unspecified atom stereocenters. The molecule has 0 fully saturated rings. The lowest BCUT2D eigenvalue weighted by Crippen LogP contribution is -3.00. The molecule has 0 saturated carbocycles. The van der Waals surface area contributed by atoms with Crippen LogP contribution in [0.5, 0.6) is 0 Å². The summed E-state index contributed by atoms with van der Waals surface area (Å²) in [7, 11) is 0. The summed E-state index contributed by atoms with van der Waals surface area (Å²) in [6.07, 6.45) is 0. The first-order valence-corrected chi connectivity index (χ1v) is 12.5. The van der Waals surface area contributed by atoms with E-state index in [2.05, 4.69) is 124 Å². The highest BCUT2D eigenvalue weighted by atomic mass is 127. The van der Waals surface area contributed by atoms with E-state index < -0.39 is 0 Å². The SMILES string of the molecule is CC1=Nc2ccc3ccccc3c2C1(C)C.CC1=[N+](CCO)c2ccc3ccccc3c2C1(C)C.[I-]. The number of fused-ring (bicyclic) bond motifs is 6. The fourth-order valence-corrected chi connectivity index (χ4v) is 5.74. The number of benzene rings is 4. The molecule has 0 radical (unpaired) electrons. The second-order valence-electron chi connectivity index (χ2n) is 10.8. The smallest absolute Gasteiger partial charge is 0.210 e. The zero-order chi connectivity index (χ0) is 25.0. The molecular formula is C32H35IN2O. The minimum Gasteiger partial charge on any atom is -1.00 e. The maximum Gasteiger partial charge on any atom is 0.210 e. The zero-order valence-corrected chi connectivity index (χ0v) is 24.2. The second-order valence-corrected chi connectivity index (χ2v) is 10.8. The van der Waals surface area contributed by atoms with Gasteiger partial charge >= 0.3 is 0 Å². The number of aliphatic imine (C=N–C) groups is 1. The number of hydrogen-bond acceptors (Lipinski definition) is 2. The molecule has 0 aliphatic carbocycles. The Kier molecular flexibility index (Phi) is 7.15. The average Bonchev–Trinajstić information content (AvgIpc) is 3.20. The Balaban J connectivity index is 0.000000167. The maximum absolute atomic E-state index is 9.30. The molecule has 0 atom stereocenters. The molecule has 4 heteroatoms. The van der Waals surface area contributed by atoms with Crippen LogP contribution in [-0.4, -0.2) is 34.3 Å². The van der Waals surface area contributed by atoms with Crippen molar-refractivity contribution in [3.8, 4) is 0 Å². The van der Waals surface area contributed by atoms with Gasteiger partial charge < -0.3 is 29.1 Å². The molecule has 4 aromatic rings. The van der Waals surface area contributed by atoms with Crippen LogP contribution in [0, 0.1) is 0 Å². The van der Waals surface area contributed by atoms with Crippen LogP contribution in [-0.2, 0) is 10.8 Å². The van der Waals surface area contributed by atoms with Crippen LogP contribution in [0.3, 0.4) is 0 Å². The van der Waals surface area contributed by atoms with Crippen molar-refractivity contribution in [3.63, 3.8) is 0 Å². The topological polar surface area (TPSA) is 35.6 Å². The van der Waals surface area contributed by atoms with Crippen molar-refractivity contribution >= 4 is 44.3 Å². The van der Waals surface area contributed by atoms with Crippen LogP contribution in [0.2, 0.25) is 0 Å². The van der Waals surface area contributed by atoms with Gasteiger partial charge in [0.1, 0.15) is 6.61 Å². The third-order valence-corrected chi connectivity index (χ3v) is 8.18. The number of aliphatic hydroxyl groups excluding tert-OH is 1. The highest BCUT2D eigenvalue weighted by molar-refractivity contribution is 6.06. The van der Waals surface area contributed by atoms with Crippen molar-refractivity contribution in [2.45, 2.75) is 52.4 Å². The quantitative estimate of drug-likeness (QED) is 0.272.